The Kier molecular flexibility index (Phi) is 4.31. The summed E-state index contributed by atoms with van der Waals surface area (Å²) in [4.78, 5) is 0. The highest BCUT2D eigenvalue weighted by molar-refractivity contribution is 7.99. The number of nitrogens with two attached hydrogens (primary N) is 1. The van der Waals surface area contributed by atoms with Crippen LogP contribution in [0.25, 0.3) is 0 Å². The first-order chi connectivity index (χ1) is 5.34. The Labute approximate surface area is 74.1 Å². The van der Waals surface area contributed by atoms with Crippen molar-refractivity contribution in [3.05, 3.63) is 0 Å². The Morgan fingerprint density at radius 3 is 2.73 bits per heavy atom. The van der Waals surface area contributed by atoms with Gasteiger partial charge in [0, 0.05) is 11.8 Å². The van der Waals surface area contributed by atoms with Crippen LogP contribution >= 0.6 is 11.8 Å². The zero-order chi connectivity index (χ0) is 8.10. The topological polar surface area (TPSA) is 26.0 Å². The molecule has 1 saturated heterocycles. The lowest BCUT2D eigenvalue weighted by Crippen LogP contribution is -2.28. The van der Waals surface area contributed by atoms with Gasteiger partial charge in [-0.1, -0.05) is 26.2 Å². The summed E-state index contributed by atoms with van der Waals surface area (Å²) in [7, 11) is 0. The Morgan fingerprint density at radius 2 is 2.18 bits per heavy atom. The highest BCUT2D eigenvalue weighted by atomic mass is 32.2. The first-order valence-corrected chi connectivity index (χ1v) is 5.83. The quantitative estimate of drug-likeness (QED) is 0.660. The average Bonchev–Trinajstić information content (AvgIpc) is 2.37. The SMILES string of the molecule is CCCCCC1CSCC1N. The second kappa shape index (κ2) is 5.04. The van der Waals surface area contributed by atoms with Gasteiger partial charge in [-0.05, 0) is 18.1 Å². The van der Waals surface area contributed by atoms with Crippen molar-refractivity contribution in [2.45, 2.75) is 38.6 Å². The van der Waals surface area contributed by atoms with E-state index in [2.05, 4.69) is 6.92 Å². The Balaban J connectivity index is 2.05. The molecule has 0 aromatic heterocycles. The average molecular weight is 173 g/mol. The molecule has 1 nitrogen and oxygen atoms in total. The van der Waals surface area contributed by atoms with E-state index in [0.29, 0.717) is 6.04 Å². The van der Waals surface area contributed by atoms with Gasteiger partial charge in [0.25, 0.3) is 0 Å². The Morgan fingerprint density at radius 1 is 1.36 bits per heavy atom. The molecule has 66 valence electrons. The third-order valence-corrected chi connectivity index (χ3v) is 3.71. The lowest BCUT2D eigenvalue weighted by molar-refractivity contribution is 0.455. The lowest BCUT2D eigenvalue weighted by Gasteiger charge is -2.12. The first kappa shape index (κ1) is 9.40. The van der Waals surface area contributed by atoms with Crippen molar-refractivity contribution in [2.24, 2.45) is 11.7 Å². The molecule has 0 amide bonds. The van der Waals surface area contributed by atoms with Crippen LogP contribution in [0.15, 0.2) is 0 Å². The minimum Gasteiger partial charge on any atom is -0.327 e. The maximum Gasteiger partial charge on any atom is 0.0166 e. The maximum atomic E-state index is 5.94. The molecular formula is C9H19NS. The lowest BCUT2D eigenvalue weighted by atomic mass is 9.97. The molecule has 11 heavy (non-hydrogen) atoms. The van der Waals surface area contributed by atoms with Crippen LogP contribution in [0, 0.1) is 5.92 Å². The Hall–Kier alpha value is 0.310. The molecule has 1 aliphatic rings. The molecule has 0 aromatic carbocycles. The van der Waals surface area contributed by atoms with Crippen LogP contribution < -0.4 is 5.73 Å². The summed E-state index contributed by atoms with van der Waals surface area (Å²) in [5, 5.41) is 0. The summed E-state index contributed by atoms with van der Waals surface area (Å²) >= 11 is 2.02. The summed E-state index contributed by atoms with van der Waals surface area (Å²) in [6.07, 6.45) is 5.46. The van der Waals surface area contributed by atoms with Crippen LogP contribution in [-0.4, -0.2) is 17.5 Å². The fraction of sp³-hybridized carbons (Fsp3) is 1.00. The highest BCUT2D eigenvalue weighted by Gasteiger charge is 2.23. The van der Waals surface area contributed by atoms with Crippen LogP contribution in [0.5, 0.6) is 0 Å². The number of unbranched alkanes of at least 4 members (excludes halogenated alkanes) is 2. The van der Waals surface area contributed by atoms with E-state index in [4.69, 9.17) is 5.73 Å². The van der Waals surface area contributed by atoms with Gasteiger partial charge in [-0.2, -0.15) is 11.8 Å². The number of rotatable bonds is 4. The minimum atomic E-state index is 0.497. The zero-order valence-corrected chi connectivity index (χ0v) is 8.20. The predicted molar refractivity (Wildman–Crippen MR) is 52.9 cm³/mol. The van der Waals surface area contributed by atoms with Crippen LogP contribution in [0.3, 0.4) is 0 Å². The van der Waals surface area contributed by atoms with Crippen molar-refractivity contribution < 1.29 is 0 Å². The molecule has 0 spiro atoms. The number of hydrogen-bond acceptors (Lipinski definition) is 2. The van der Waals surface area contributed by atoms with Gasteiger partial charge >= 0.3 is 0 Å². The predicted octanol–water partition coefficient (Wildman–Crippen LogP) is 2.26. The van der Waals surface area contributed by atoms with Crippen LogP contribution in [0.1, 0.15) is 32.6 Å². The summed E-state index contributed by atoms with van der Waals surface area (Å²) < 4.78 is 0. The van der Waals surface area contributed by atoms with Gasteiger partial charge in [0.05, 0.1) is 0 Å². The maximum absolute atomic E-state index is 5.94. The molecule has 1 heterocycles. The van der Waals surface area contributed by atoms with E-state index in [-0.39, 0.29) is 0 Å². The Bertz CT molecular complexity index is 106. The highest BCUT2D eigenvalue weighted by Crippen LogP contribution is 2.26. The second-order valence-corrected chi connectivity index (χ2v) is 4.53. The van der Waals surface area contributed by atoms with E-state index in [9.17, 15) is 0 Å². The van der Waals surface area contributed by atoms with E-state index in [1.165, 1.54) is 37.2 Å². The van der Waals surface area contributed by atoms with Crippen molar-refractivity contribution in [3.8, 4) is 0 Å². The molecule has 0 aliphatic carbocycles. The fourth-order valence-corrected chi connectivity index (χ4v) is 2.97. The first-order valence-electron chi connectivity index (χ1n) is 4.68. The third-order valence-electron chi connectivity index (χ3n) is 2.43. The molecule has 0 bridgehead atoms. The summed E-state index contributed by atoms with van der Waals surface area (Å²) in [6.45, 7) is 2.25. The normalized spacial score (nSPS) is 31.1. The van der Waals surface area contributed by atoms with Gasteiger partial charge in [-0.25, -0.2) is 0 Å². The zero-order valence-electron chi connectivity index (χ0n) is 7.38. The van der Waals surface area contributed by atoms with Crippen molar-refractivity contribution in [1.29, 1.82) is 0 Å². The number of thioether (sulfide) groups is 1. The van der Waals surface area contributed by atoms with Crippen LogP contribution in [0.2, 0.25) is 0 Å². The van der Waals surface area contributed by atoms with Gasteiger partial charge in [0.15, 0.2) is 0 Å². The molecule has 1 aliphatic heterocycles. The molecule has 2 heteroatoms. The van der Waals surface area contributed by atoms with E-state index < -0.39 is 0 Å². The summed E-state index contributed by atoms with van der Waals surface area (Å²) in [5.41, 5.74) is 5.94. The monoisotopic (exact) mass is 173 g/mol. The molecule has 0 saturated carbocycles. The van der Waals surface area contributed by atoms with Crippen LogP contribution in [-0.2, 0) is 0 Å². The smallest absolute Gasteiger partial charge is 0.0166 e. The van der Waals surface area contributed by atoms with Gasteiger partial charge < -0.3 is 5.73 Å². The largest absolute Gasteiger partial charge is 0.327 e. The number of hydrogen-bond donors (Lipinski definition) is 1. The van der Waals surface area contributed by atoms with Crippen molar-refractivity contribution in [3.63, 3.8) is 0 Å². The fourth-order valence-electron chi connectivity index (χ4n) is 1.57. The van der Waals surface area contributed by atoms with Crippen molar-refractivity contribution >= 4 is 11.8 Å². The summed E-state index contributed by atoms with van der Waals surface area (Å²) in [6, 6.07) is 0.497. The molecule has 0 aromatic rings. The standard InChI is InChI=1S/C9H19NS/c1-2-3-4-5-8-6-11-7-9(8)10/h8-9H,2-7,10H2,1H3. The van der Waals surface area contributed by atoms with Gasteiger partial charge in [0.1, 0.15) is 0 Å². The summed E-state index contributed by atoms with van der Waals surface area (Å²) in [5.74, 6) is 3.33. The van der Waals surface area contributed by atoms with Crippen molar-refractivity contribution in [2.75, 3.05) is 11.5 Å². The second-order valence-electron chi connectivity index (χ2n) is 3.46. The van der Waals surface area contributed by atoms with Gasteiger partial charge in [-0.15, -0.1) is 0 Å². The van der Waals surface area contributed by atoms with E-state index >= 15 is 0 Å². The van der Waals surface area contributed by atoms with E-state index in [1.54, 1.807) is 0 Å². The van der Waals surface area contributed by atoms with Crippen LogP contribution in [0.4, 0.5) is 0 Å². The molecule has 2 unspecified atom stereocenters. The minimum absolute atomic E-state index is 0.497. The van der Waals surface area contributed by atoms with E-state index in [1.807, 2.05) is 11.8 Å². The molecule has 1 rings (SSSR count). The van der Waals surface area contributed by atoms with E-state index in [0.717, 1.165) is 5.92 Å². The third kappa shape index (κ3) is 3.04. The molecule has 2 N–H and O–H groups in total. The molecular weight excluding hydrogens is 154 g/mol. The van der Waals surface area contributed by atoms with Gasteiger partial charge in [-0.3, -0.25) is 0 Å². The molecule has 2 atom stereocenters. The van der Waals surface area contributed by atoms with Gasteiger partial charge in [0.2, 0.25) is 0 Å². The van der Waals surface area contributed by atoms with Crippen molar-refractivity contribution in [1.82, 2.24) is 0 Å². The molecule has 0 radical (unpaired) electrons. The molecule has 1 fully saturated rings.